The van der Waals surface area contributed by atoms with E-state index >= 15 is 4.39 Å². The van der Waals surface area contributed by atoms with E-state index in [0.29, 0.717) is 56.1 Å². The molecular formula is C29H33ClFN7O2. The van der Waals surface area contributed by atoms with Gasteiger partial charge in [-0.2, -0.15) is 15.1 Å². The van der Waals surface area contributed by atoms with E-state index < -0.39 is 5.82 Å². The van der Waals surface area contributed by atoms with Crippen molar-refractivity contribution in [3.05, 3.63) is 53.5 Å². The summed E-state index contributed by atoms with van der Waals surface area (Å²) in [6.07, 6.45) is 2.99. The highest BCUT2D eigenvalue weighted by molar-refractivity contribution is 6.35. The highest BCUT2D eigenvalue weighted by Crippen LogP contribution is 2.42. The number of nitrogens with zero attached hydrogens (tertiary/aromatic N) is 6. The number of amides is 1. The molecule has 210 valence electrons. The quantitative estimate of drug-likeness (QED) is 0.291. The average Bonchev–Trinajstić information content (AvgIpc) is 3.45. The number of carbonyl (C=O) groups is 1. The molecule has 0 radical (unpaired) electrons. The smallest absolute Gasteiger partial charge is 0.319 e. The first-order chi connectivity index (χ1) is 19.4. The Hall–Kier alpha value is -3.76. The van der Waals surface area contributed by atoms with Crippen molar-refractivity contribution in [3.63, 3.8) is 0 Å². The van der Waals surface area contributed by atoms with Crippen LogP contribution in [0.4, 0.5) is 10.2 Å². The predicted molar refractivity (Wildman–Crippen MR) is 157 cm³/mol. The maximum Gasteiger partial charge on any atom is 0.319 e. The number of ether oxygens (including phenoxy) is 1. The minimum absolute atomic E-state index is 0.102. The molecule has 1 N–H and O–H groups in total. The Labute approximate surface area is 237 Å². The summed E-state index contributed by atoms with van der Waals surface area (Å²) >= 11 is 6.82. The van der Waals surface area contributed by atoms with E-state index in [2.05, 4.69) is 40.5 Å². The molecule has 3 heterocycles. The highest BCUT2D eigenvalue weighted by atomic mass is 35.5. The molecule has 1 amide bonds. The third kappa shape index (κ3) is 5.21. The monoisotopic (exact) mass is 565 g/mol. The number of rotatable bonds is 9. The average molecular weight is 566 g/mol. The molecule has 0 bridgehead atoms. The van der Waals surface area contributed by atoms with Crippen LogP contribution in [-0.4, -0.2) is 88.3 Å². The van der Waals surface area contributed by atoms with Gasteiger partial charge in [0.1, 0.15) is 17.9 Å². The van der Waals surface area contributed by atoms with Crippen LogP contribution in [-0.2, 0) is 4.79 Å². The van der Waals surface area contributed by atoms with Crippen molar-refractivity contribution in [2.45, 2.75) is 20.8 Å². The molecule has 4 aromatic rings. The highest BCUT2D eigenvalue weighted by Gasteiger charge is 2.27. The lowest BCUT2D eigenvalue weighted by Crippen LogP contribution is -2.48. The van der Waals surface area contributed by atoms with E-state index in [9.17, 15) is 4.79 Å². The third-order valence-electron chi connectivity index (χ3n) is 7.52. The number of aryl methyl sites for hydroxylation is 1. The minimum Gasteiger partial charge on any atom is -0.462 e. The zero-order chi connectivity index (χ0) is 28.4. The van der Waals surface area contributed by atoms with Gasteiger partial charge in [0.15, 0.2) is 5.82 Å². The lowest BCUT2D eigenvalue weighted by atomic mass is 9.95. The second-order valence-corrected chi connectivity index (χ2v) is 10.2. The van der Waals surface area contributed by atoms with Gasteiger partial charge in [-0.15, -0.1) is 0 Å². The van der Waals surface area contributed by atoms with Gasteiger partial charge in [0.05, 0.1) is 16.7 Å². The Morgan fingerprint density at radius 2 is 1.93 bits per heavy atom. The fourth-order valence-electron chi connectivity index (χ4n) is 5.23. The first kappa shape index (κ1) is 27.8. The molecule has 0 unspecified atom stereocenters. The molecule has 1 saturated heterocycles. The van der Waals surface area contributed by atoms with Gasteiger partial charge in [0, 0.05) is 54.6 Å². The van der Waals surface area contributed by atoms with Gasteiger partial charge in [-0.3, -0.25) is 9.89 Å². The molecule has 40 heavy (non-hydrogen) atoms. The summed E-state index contributed by atoms with van der Waals surface area (Å²) in [6, 6.07) is 5.65. The molecule has 0 spiro atoms. The molecule has 11 heteroatoms. The second-order valence-electron chi connectivity index (χ2n) is 9.75. The lowest BCUT2D eigenvalue weighted by molar-refractivity contribution is -0.126. The summed E-state index contributed by atoms with van der Waals surface area (Å²) in [4.78, 5) is 27.4. The Kier molecular flexibility index (Phi) is 8.18. The van der Waals surface area contributed by atoms with Gasteiger partial charge in [-0.1, -0.05) is 38.1 Å². The first-order valence-electron chi connectivity index (χ1n) is 13.5. The molecule has 0 saturated carbocycles. The van der Waals surface area contributed by atoms with E-state index in [1.165, 1.54) is 6.08 Å². The number of carbonyl (C=O) groups excluding carboxylic acids is 1. The van der Waals surface area contributed by atoms with Crippen LogP contribution in [0.2, 0.25) is 5.02 Å². The summed E-state index contributed by atoms with van der Waals surface area (Å²) in [7, 11) is 0. The van der Waals surface area contributed by atoms with Crippen LogP contribution in [0.5, 0.6) is 6.01 Å². The van der Waals surface area contributed by atoms with Crippen molar-refractivity contribution in [2.24, 2.45) is 0 Å². The molecule has 9 nitrogen and oxygen atoms in total. The predicted octanol–water partition coefficient (Wildman–Crippen LogP) is 4.83. The van der Waals surface area contributed by atoms with Crippen LogP contribution in [0.1, 0.15) is 19.4 Å². The van der Waals surface area contributed by atoms with Crippen molar-refractivity contribution < 1.29 is 13.9 Å². The first-order valence-corrected chi connectivity index (χ1v) is 13.9. The molecule has 5 rings (SSSR count). The number of hydrogen-bond acceptors (Lipinski definition) is 7. The fourth-order valence-corrected chi connectivity index (χ4v) is 5.51. The number of aromatic amines is 1. The maximum atomic E-state index is 16.6. The van der Waals surface area contributed by atoms with Crippen molar-refractivity contribution in [1.29, 1.82) is 0 Å². The van der Waals surface area contributed by atoms with Crippen molar-refractivity contribution in [1.82, 2.24) is 30.0 Å². The molecule has 1 aliphatic heterocycles. The van der Waals surface area contributed by atoms with E-state index in [1.54, 1.807) is 17.2 Å². The number of hydrogen-bond donors (Lipinski definition) is 1. The molecule has 2 aromatic heterocycles. The molecular weight excluding hydrogens is 533 g/mol. The summed E-state index contributed by atoms with van der Waals surface area (Å²) < 4.78 is 22.6. The molecule has 1 aliphatic rings. The topological polar surface area (TPSA) is 90.5 Å². The van der Waals surface area contributed by atoms with Crippen molar-refractivity contribution in [3.8, 4) is 17.1 Å². The van der Waals surface area contributed by atoms with Gasteiger partial charge < -0.3 is 19.4 Å². The van der Waals surface area contributed by atoms with Gasteiger partial charge in [0.2, 0.25) is 5.91 Å². The number of piperazine rings is 1. The van der Waals surface area contributed by atoms with Gasteiger partial charge in [0.25, 0.3) is 0 Å². The number of halogens is 2. The van der Waals surface area contributed by atoms with Crippen LogP contribution < -0.4 is 9.64 Å². The number of benzene rings is 2. The largest absolute Gasteiger partial charge is 0.462 e. The van der Waals surface area contributed by atoms with E-state index in [0.717, 1.165) is 29.6 Å². The van der Waals surface area contributed by atoms with Crippen LogP contribution in [0.3, 0.4) is 0 Å². The van der Waals surface area contributed by atoms with E-state index in [-0.39, 0.29) is 28.0 Å². The number of fused-ring (bicyclic) bond motifs is 2. The van der Waals surface area contributed by atoms with Crippen LogP contribution in [0.15, 0.2) is 37.1 Å². The minimum atomic E-state index is -0.544. The van der Waals surface area contributed by atoms with Gasteiger partial charge in [-0.05, 0) is 43.8 Å². The summed E-state index contributed by atoms with van der Waals surface area (Å²) in [5.41, 5.74) is 2.70. The lowest BCUT2D eigenvalue weighted by Gasteiger charge is -2.35. The van der Waals surface area contributed by atoms with Gasteiger partial charge in [-0.25, -0.2) is 4.39 Å². The molecule has 0 atom stereocenters. The van der Waals surface area contributed by atoms with Gasteiger partial charge >= 0.3 is 6.01 Å². The van der Waals surface area contributed by atoms with Crippen LogP contribution in [0, 0.1) is 12.7 Å². The number of anilines is 1. The normalized spacial score (nSPS) is 13.9. The van der Waals surface area contributed by atoms with Crippen LogP contribution in [0.25, 0.3) is 32.9 Å². The summed E-state index contributed by atoms with van der Waals surface area (Å²) in [5.74, 6) is -0.133. The third-order valence-corrected chi connectivity index (χ3v) is 7.82. The zero-order valence-electron chi connectivity index (χ0n) is 23.0. The Bertz CT molecular complexity index is 1560. The number of nitrogens with one attached hydrogen (secondary N) is 1. The summed E-state index contributed by atoms with van der Waals surface area (Å²) in [5, 5.41) is 8.60. The van der Waals surface area contributed by atoms with Crippen molar-refractivity contribution >= 4 is 45.1 Å². The second kappa shape index (κ2) is 11.8. The Balaban J connectivity index is 1.62. The summed E-state index contributed by atoms with van der Waals surface area (Å²) in [6.45, 7) is 14.5. The molecule has 0 aliphatic carbocycles. The number of aromatic nitrogens is 4. The Morgan fingerprint density at radius 1 is 1.18 bits per heavy atom. The molecule has 2 aromatic carbocycles. The molecule has 1 fully saturated rings. The van der Waals surface area contributed by atoms with E-state index in [1.807, 2.05) is 24.0 Å². The number of likely N-dealkylation sites (N-methyl/N-ethyl adjacent to an activating group) is 1. The standard InChI is InChI=1S/C29H33ClFN7O2/c1-5-23(39)37-10-12-38(13-11-37)28-19-16-21(30)25(24-18(4)8-9-22-20(24)17-32-35-22)26(31)27(19)33-29(34-28)40-15-14-36(6-2)7-3/h5,8-9,16-17H,1,6-7,10-15H2,2-4H3,(H,32,35). The maximum absolute atomic E-state index is 16.6. The number of H-pyrrole nitrogens is 1. The SMILES string of the molecule is C=CC(=O)N1CCN(c2nc(OCCN(CC)CC)nc3c(F)c(-c4c(C)ccc5[nH]ncc45)c(Cl)cc23)CC1. The van der Waals surface area contributed by atoms with Crippen molar-refractivity contribution in [2.75, 3.05) is 57.3 Å². The zero-order valence-corrected chi connectivity index (χ0v) is 23.8. The van der Waals surface area contributed by atoms with Crippen LogP contribution >= 0.6 is 11.6 Å². The fraction of sp³-hybridized carbons (Fsp3) is 0.379. The van der Waals surface area contributed by atoms with E-state index in [4.69, 9.17) is 21.3 Å². The Morgan fingerprint density at radius 3 is 2.62 bits per heavy atom.